The summed E-state index contributed by atoms with van der Waals surface area (Å²) in [7, 11) is 4.44. The van der Waals surface area contributed by atoms with E-state index < -0.39 is 0 Å². The van der Waals surface area contributed by atoms with Crippen molar-refractivity contribution in [2.24, 2.45) is 11.8 Å². The number of benzene rings is 1. The molecule has 3 aromatic heterocycles. The second-order valence-electron chi connectivity index (χ2n) is 14.2. The second kappa shape index (κ2) is 15.5. The van der Waals surface area contributed by atoms with Gasteiger partial charge in [0.25, 0.3) is 0 Å². The van der Waals surface area contributed by atoms with Crippen LogP contribution in [0.1, 0.15) is 79.3 Å². The molecule has 0 aliphatic carbocycles. The van der Waals surface area contributed by atoms with Crippen LogP contribution in [0.5, 0.6) is 0 Å². The van der Waals surface area contributed by atoms with E-state index >= 15 is 0 Å². The number of piperidine rings is 2. The molecule has 6 rings (SSSR count). The maximum Gasteiger partial charge on any atom is 0.222 e. The third-order valence-electron chi connectivity index (χ3n) is 10.5. The molecule has 0 unspecified atom stereocenters. The topological polar surface area (TPSA) is 111 Å². The molecule has 3 N–H and O–H groups in total. The number of hydrogen-bond donors (Lipinski definition) is 3. The van der Waals surface area contributed by atoms with Crippen LogP contribution < -0.4 is 10.6 Å². The largest absolute Gasteiger partial charge is 0.354 e. The molecule has 0 atom stereocenters. The fraction of sp³-hybridized carbons (Fsp3) is 0.595. The minimum atomic E-state index is 0.691. The van der Waals surface area contributed by atoms with Crippen molar-refractivity contribution >= 4 is 22.9 Å². The van der Waals surface area contributed by atoms with Crippen LogP contribution in [-0.4, -0.2) is 93.1 Å². The highest BCUT2D eigenvalue weighted by Gasteiger charge is 2.18. The van der Waals surface area contributed by atoms with Crippen molar-refractivity contribution in [3.8, 4) is 11.4 Å². The van der Waals surface area contributed by atoms with Gasteiger partial charge in [-0.3, -0.25) is 0 Å². The van der Waals surface area contributed by atoms with Gasteiger partial charge in [-0.15, -0.1) is 0 Å². The summed E-state index contributed by atoms with van der Waals surface area (Å²) in [5, 5.41) is 6.86. The van der Waals surface area contributed by atoms with Crippen LogP contribution in [0.15, 0.2) is 24.7 Å². The van der Waals surface area contributed by atoms with E-state index in [1.165, 1.54) is 81.4 Å². The molecule has 0 amide bonds. The molecule has 47 heavy (non-hydrogen) atoms. The number of hydrogen-bond acceptors (Lipinski definition) is 9. The van der Waals surface area contributed by atoms with E-state index in [0.29, 0.717) is 11.9 Å². The number of imidazole rings is 1. The van der Waals surface area contributed by atoms with Gasteiger partial charge in [0.1, 0.15) is 5.82 Å². The Balaban J connectivity index is 1.03. The Bertz CT molecular complexity index is 1600. The molecule has 0 radical (unpaired) electrons. The van der Waals surface area contributed by atoms with Gasteiger partial charge >= 0.3 is 0 Å². The van der Waals surface area contributed by atoms with Gasteiger partial charge in [-0.1, -0.05) is 0 Å². The van der Waals surface area contributed by atoms with Crippen LogP contribution in [0.3, 0.4) is 0 Å². The van der Waals surface area contributed by atoms with Crippen molar-refractivity contribution in [2.75, 3.05) is 64.0 Å². The van der Waals surface area contributed by atoms with Crippen molar-refractivity contribution < 1.29 is 0 Å². The van der Waals surface area contributed by atoms with Crippen LogP contribution in [-0.2, 0) is 6.42 Å². The van der Waals surface area contributed by atoms with Crippen LogP contribution in [0.4, 0.5) is 11.9 Å². The number of H-pyrrole nitrogens is 1. The normalized spacial score (nSPS) is 17.0. The van der Waals surface area contributed by atoms with E-state index in [1.807, 2.05) is 25.5 Å². The number of nitrogens with one attached hydrogen (secondary N) is 3. The fourth-order valence-electron chi connectivity index (χ4n) is 7.33. The summed E-state index contributed by atoms with van der Waals surface area (Å²) < 4.78 is 0. The molecule has 2 aliphatic heterocycles. The molecule has 1 aromatic carbocycles. The average Bonchev–Trinajstić information content (AvgIpc) is 3.49. The van der Waals surface area contributed by atoms with Gasteiger partial charge in [0.05, 0.1) is 22.3 Å². The summed E-state index contributed by atoms with van der Waals surface area (Å²) in [4.78, 5) is 32.1. The lowest BCUT2D eigenvalue weighted by molar-refractivity contribution is 0.211. The molecule has 0 saturated carbocycles. The number of fused-ring (bicyclic) bond motifs is 1. The van der Waals surface area contributed by atoms with Crippen LogP contribution in [0, 0.1) is 32.6 Å². The summed E-state index contributed by atoms with van der Waals surface area (Å²) in [6, 6.07) is 2.20. The predicted molar refractivity (Wildman–Crippen MR) is 192 cm³/mol. The maximum absolute atomic E-state index is 5.04. The van der Waals surface area contributed by atoms with E-state index in [9.17, 15) is 0 Å². The van der Waals surface area contributed by atoms with Crippen molar-refractivity contribution in [1.82, 2.24) is 39.7 Å². The third kappa shape index (κ3) is 8.65. The summed E-state index contributed by atoms with van der Waals surface area (Å²) in [5.41, 5.74) is 8.64. The highest BCUT2D eigenvalue weighted by atomic mass is 15.1. The first-order chi connectivity index (χ1) is 22.8. The lowest BCUT2D eigenvalue weighted by Crippen LogP contribution is -2.30. The Morgan fingerprint density at radius 2 is 1.34 bits per heavy atom. The molecule has 2 saturated heterocycles. The molecule has 252 valence electrons. The molecule has 4 aromatic rings. The standard InChI is InChI=1S/C37H54N10/c1-25-20-33-34(26(2)31(25)21-30-22-40-36(41-23-30)38-14-6-8-28-10-16-46(4)17-11-28)45-35(44-33)32-24-42-37(43-27(32)3)39-15-7-9-29-12-18-47(5)19-13-29/h20,22-24,28-29H,6-19,21H2,1-5H3,(H,44,45)(H,38,40,41)(H,39,42,43). The first-order valence-corrected chi connectivity index (χ1v) is 17.8. The Morgan fingerprint density at radius 1 is 0.766 bits per heavy atom. The monoisotopic (exact) mass is 638 g/mol. The lowest BCUT2D eigenvalue weighted by atomic mass is 9.92. The highest BCUT2D eigenvalue weighted by Crippen LogP contribution is 2.30. The molecular formula is C37H54N10. The van der Waals surface area contributed by atoms with Gasteiger partial charge in [0.15, 0.2) is 0 Å². The first kappa shape index (κ1) is 33.3. The van der Waals surface area contributed by atoms with E-state index in [-0.39, 0.29) is 0 Å². The Labute approximate surface area is 280 Å². The Hall–Kier alpha value is -3.63. The van der Waals surface area contributed by atoms with Gasteiger partial charge in [0.2, 0.25) is 11.9 Å². The number of likely N-dealkylation sites (tertiary alicyclic amines) is 2. The fourth-order valence-corrected chi connectivity index (χ4v) is 7.33. The van der Waals surface area contributed by atoms with Crippen LogP contribution >= 0.6 is 0 Å². The zero-order valence-electron chi connectivity index (χ0n) is 29.2. The van der Waals surface area contributed by atoms with Crippen molar-refractivity contribution in [1.29, 1.82) is 0 Å². The van der Waals surface area contributed by atoms with Gasteiger partial charge in [-0.2, -0.15) is 0 Å². The third-order valence-corrected chi connectivity index (χ3v) is 10.5. The number of nitrogens with zero attached hydrogens (tertiary/aromatic N) is 7. The number of aryl methyl sites for hydroxylation is 3. The van der Waals surface area contributed by atoms with E-state index in [1.54, 1.807) is 0 Å². The maximum atomic E-state index is 5.04. The van der Waals surface area contributed by atoms with Gasteiger partial charge in [0, 0.05) is 38.1 Å². The number of aromatic nitrogens is 6. The lowest BCUT2D eigenvalue weighted by Gasteiger charge is -2.28. The van der Waals surface area contributed by atoms with Crippen molar-refractivity contribution in [2.45, 2.75) is 78.6 Å². The molecule has 2 fully saturated rings. The SMILES string of the molecule is Cc1cc2[nH]c(-c3cnc(NCCCC4CCN(C)CC4)nc3C)nc2c(C)c1Cc1cnc(NCCCC2CCN(C)CC2)nc1. The van der Waals surface area contributed by atoms with E-state index in [4.69, 9.17) is 9.97 Å². The number of aromatic amines is 1. The number of rotatable bonds is 13. The Kier molecular flexibility index (Phi) is 11.0. The zero-order chi connectivity index (χ0) is 32.8. The minimum absolute atomic E-state index is 0.691. The second-order valence-corrected chi connectivity index (χ2v) is 14.2. The summed E-state index contributed by atoms with van der Waals surface area (Å²) in [6.07, 6.45) is 16.7. The highest BCUT2D eigenvalue weighted by molar-refractivity contribution is 5.84. The summed E-state index contributed by atoms with van der Waals surface area (Å²) >= 11 is 0. The minimum Gasteiger partial charge on any atom is -0.354 e. The first-order valence-electron chi connectivity index (χ1n) is 17.8. The van der Waals surface area contributed by atoms with Crippen LogP contribution in [0.2, 0.25) is 0 Å². The zero-order valence-corrected chi connectivity index (χ0v) is 29.2. The molecule has 10 heteroatoms. The quantitative estimate of drug-likeness (QED) is 0.143. The Morgan fingerprint density at radius 3 is 1.94 bits per heavy atom. The molecule has 0 spiro atoms. The van der Waals surface area contributed by atoms with Gasteiger partial charge in [-0.05, 0) is 153 Å². The molecule has 5 heterocycles. The van der Waals surface area contributed by atoms with Gasteiger partial charge in [-0.25, -0.2) is 24.9 Å². The molecule has 0 bridgehead atoms. The average molecular weight is 639 g/mol. The van der Waals surface area contributed by atoms with Crippen LogP contribution in [0.25, 0.3) is 22.4 Å². The smallest absolute Gasteiger partial charge is 0.222 e. The molecule has 2 aliphatic rings. The van der Waals surface area contributed by atoms with Crippen molar-refractivity contribution in [3.05, 3.63) is 52.6 Å². The summed E-state index contributed by atoms with van der Waals surface area (Å²) in [6.45, 7) is 13.1. The van der Waals surface area contributed by atoms with Crippen molar-refractivity contribution in [3.63, 3.8) is 0 Å². The predicted octanol–water partition coefficient (Wildman–Crippen LogP) is 6.39. The van der Waals surface area contributed by atoms with Gasteiger partial charge < -0.3 is 25.4 Å². The molecular weight excluding hydrogens is 584 g/mol. The molecule has 10 nitrogen and oxygen atoms in total. The summed E-state index contributed by atoms with van der Waals surface area (Å²) in [5.74, 6) is 3.92. The number of anilines is 2. The van der Waals surface area contributed by atoms with E-state index in [0.717, 1.165) is 77.9 Å². The van der Waals surface area contributed by atoms with E-state index in [2.05, 4.69) is 74.4 Å².